The minimum absolute atomic E-state index is 0.0124. The molecule has 0 aliphatic carbocycles. The van der Waals surface area contributed by atoms with E-state index in [2.05, 4.69) is 18.7 Å². The summed E-state index contributed by atoms with van der Waals surface area (Å²) in [5, 5.41) is 0. The highest BCUT2D eigenvalue weighted by atomic mass is 16.7. The van der Waals surface area contributed by atoms with Crippen LogP contribution in [0.15, 0.2) is 67.0 Å². The summed E-state index contributed by atoms with van der Waals surface area (Å²) in [6.07, 6.45) is 9.29. The van der Waals surface area contributed by atoms with Crippen LogP contribution in [0.25, 0.3) is 0 Å². The molecule has 2 aliphatic heterocycles. The van der Waals surface area contributed by atoms with Gasteiger partial charge >= 0.3 is 0 Å². The third-order valence-electron chi connectivity index (χ3n) is 3.68. The second-order valence-corrected chi connectivity index (χ2v) is 5.16. The van der Waals surface area contributed by atoms with Crippen molar-refractivity contribution in [1.82, 2.24) is 0 Å². The second kappa shape index (κ2) is 6.74. The molecule has 0 N–H and O–H groups in total. The fraction of sp³-hybridized carbons (Fsp3) is 0.333. The van der Waals surface area contributed by atoms with E-state index >= 15 is 0 Å². The Balaban J connectivity index is 1.75. The molecule has 0 spiro atoms. The van der Waals surface area contributed by atoms with Gasteiger partial charge in [0.15, 0.2) is 6.29 Å². The number of benzene rings is 1. The minimum Gasteiger partial charge on any atom is -0.486 e. The first-order valence-corrected chi connectivity index (χ1v) is 7.33. The van der Waals surface area contributed by atoms with Crippen molar-refractivity contribution >= 4 is 0 Å². The van der Waals surface area contributed by atoms with Gasteiger partial charge < -0.3 is 14.2 Å². The van der Waals surface area contributed by atoms with E-state index < -0.39 is 0 Å². The molecule has 3 rings (SSSR count). The average Bonchev–Trinajstić information content (AvgIpc) is 2.64. The fourth-order valence-electron chi connectivity index (χ4n) is 2.54. The maximum Gasteiger partial charge on any atom is 0.184 e. The largest absolute Gasteiger partial charge is 0.486 e. The van der Waals surface area contributed by atoms with Crippen LogP contribution >= 0.6 is 0 Å². The Labute approximate surface area is 125 Å². The summed E-state index contributed by atoms with van der Waals surface area (Å²) < 4.78 is 17.9. The van der Waals surface area contributed by atoms with Crippen molar-refractivity contribution in [3.05, 3.63) is 72.5 Å². The summed E-state index contributed by atoms with van der Waals surface area (Å²) in [6.45, 7) is 4.31. The summed E-state index contributed by atoms with van der Waals surface area (Å²) in [7, 11) is 0. The average molecular weight is 284 g/mol. The monoisotopic (exact) mass is 284 g/mol. The van der Waals surface area contributed by atoms with Gasteiger partial charge in [0.05, 0.1) is 6.61 Å². The van der Waals surface area contributed by atoms with Gasteiger partial charge in [-0.15, -0.1) is 0 Å². The highest BCUT2D eigenvalue weighted by Gasteiger charge is 2.33. The number of ether oxygens (including phenoxy) is 3. The quantitative estimate of drug-likeness (QED) is 0.771. The Morgan fingerprint density at radius 1 is 1.10 bits per heavy atom. The molecule has 1 aromatic carbocycles. The summed E-state index contributed by atoms with van der Waals surface area (Å²) in [5.74, 6) is 0.793. The van der Waals surface area contributed by atoms with Crippen molar-refractivity contribution in [3.8, 4) is 0 Å². The normalized spacial score (nSPS) is 33.1. The van der Waals surface area contributed by atoms with E-state index in [0.29, 0.717) is 6.61 Å². The van der Waals surface area contributed by atoms with Crippen LogP contribution in [0.1, 0.15) is 24.7 Å². The topological polar surface area (TPSA) is 27.7 Å². The van der Waals surface area contributed by atoms with E-state index in [0.717, 1.165) is 24.2 Å². The van der Waals surface area contributed by atoms with Crippen LogP contribution in [-0.4, -0.2) is 18.8 Å². The Morgan fingerprint density at radius 3 is 2.76 bits per heavy atom. The minimum atomic E-state index is -0.318. The van der Waals surface area contributed by atoms with Crippen LogP contribution in [0.2, 0.25) is 0 Å². The fourth-order valence-corrected chi connectivity index (χ4v) is 2.54. The first-order valence-electron chi connectivity index (χ1n) is 7.33. The standard InChI is InChI=1S/C18H20O3/c1-2-15-11-7-4-8-12-16-17(20-15)13-19-18(21-16)14-9-5-3-6-10-14/h2-6,8-11,16-18H,1,7,12-13H2/b8-4-,15-11-/t16-,17+,18+/m0/s1. The zero-order valence-electron chi connectivity index (χ0n) is 12.0. The summed E-state index contributed by atoms with van der Waals surface area (Å²) in [6, 6.07) is 10.0. The molecule has 0 unspecified atom stereocenters. The number of rotatable bonds is 2. The molecule has 1 aromatic rings. The maximum atomic E-state index is 6.10. The van der Waals surface area contributed by atoms with Gasteiger partial charge in [-0.1, -0.05) is 49.1 Å². The number of hydrogen-bond acceptors (Lipinski definition) is 3. The number of hydrogen-bond donors (Lipinski definition) is 0. The number of fused-ring (bicyclic) bond motifs is 1. The van der Waals surface area contributed by atoms with Crippen molar-refractivity contribution in [2.24, 2.45) is 0 Å². The van der Waals surface area contributed by atoms with Crippen molar-refractivity contribution in [3.63, 3.8) is 0 Å². The lowest BCUT2D eigenvalue weighted by Crippen LogP contribution is -2.41. The molecule has 2 aliphatic rings. The van der Waals surface area contributed by atoms with E-state index in [-0.39, 0.29) is 18.5 Å². The molecule has 2 heterocycles. The number of allylic oxidation sites excluding steroid dienone is 3. The molecular formula is C18H20O3. The Hall–Kier alpha value is -1.84. The molecule has 0 bridgehead atoms. The van der Waals surface area contributed by atoms with Gasteiger partial charge in [-0.2, -0.15) is 0 Å². The second-order valence-electron chi connectivity index (χ2n) is 5.16. The van der Waals surface area contributed by atoms with Crippen LogP contribution in [0, 0.1) is 0 Å². The van der Waals surface area contributed by atoms with E-state index in [1.165, 1.54) is 0 Å². The smallest absolute Gasteiger partial charge is 0.184 e. The Bertz CT molecular complexity index is 533. The van der Waals surface area contributed by atoms with Gasteiger partial charge in [0.2, 0.25) is 0 Å². The van der Waals surface area contributed by atoms with E-state index in [1.54, 1.807) is 6.08 Å². The van der Waals surface area contributed by atoms with Gasteiger partial charge in [0.1, 0.15) is 18.0 Å². The highest BCUT2D eigenvalue weighted by molar-refractivity contribution is 5.17. The molecule has 1 fully saturated rings. The molecular weight excluding hydrogens is 264 g/mol. The Kier molecular flexibility index (Phi) is 4.53. The third kappa shape index (κ3) is 3.43. The van der Waals surface area contributed by atoms with E-state index in [9.17, 15) is 0 Å². The molecule has 0 aromatic heterocycles. The van der Waals surface area contributed by atoms with Gasteiger partial charge in [-0.25, -0.2) is 0 Å². The predicted molar refractivity (Wildman–Crippen MR) is 81.5 cm³/mol. The molecule has 3 atom stereocenters. The van der Waals surface area contributed by atoms with E-state index in [1.807, 2.05) is 36.4 Å². The molecule has 1 saturated heterocycles. The zero-order valence-corrected chi connectivity index (χ0v) is 12.0. The first kappa shape index (κ1) is 14.1. The maximum absolute atomic E-state index is 6.10. The lowest BCUT2D eigenvalue weighted by Gasteiger charge is -2.36. The van der Waals surface area contributed by atoms with Crippen molar-refractivity contribution < 1.29 is 14.2 Å². The predicted octanol–water partition coefficient (Wildman–Crippen LogP) is 3.91. The summed E-state index contributed by atoms with van der Waals surface area (Å²) >= 11 is 0. The molecule has 0 amide bonds. The zero-order chi connectivity index (χ0) is 14.5. The van der Waals surface area contributed by atoms with Gasteiger partial charge in [-0.05, 0) is 25.0 Å². The van der Waals surface area contributed by atoms with Crippen molar-refractivity contribution in [1.29, 1.82) is 0 Å². The van der Waals surface area contributed by atoms with Crippen LogP contribution < -0.4 is 0 Å². The summed E-state index contributed by atoms with van der Waals surface area (Å²) in [4.78, 5) is 0. The molecule has 3 heteroatoms. The third-order valence-corrected chi connectivity index (χ3v) is 3.68. The van der Waals surface area contributed by atoms with Crippen molar-refractivity contribution in [2.75, 3.05) is 6.61 Å². The molecule has 0 radical (unpaired) electrons. The molecule has 3 nitrogen and oxygen atoms in total. The van der Waals surface area contributed by atoms with E-state index in [4.69, 9.17) is 14.2 Å². The highest BCUT2D eigenvalue weighted by Crippen LogP contribution is 2.30. The van der Waals surface area contributed by atoms with Gasteiger partial charge in [-0.3, -0.25) is 0 Å². The SMILES string of the molecule is C=C/C1=C/C/C=C\C[C@@H]2O[C@H](c3ccccc3)OC[C@H]2O1. The lowest BCUT2D eigenvalue weighted by atomic mass is 10.1. The van der Waals surface area contributed by atoms with Crippen LogP contribution in [0.3, 0.4) is 0 Å². The van der Waals surface area contributed by atoms with Crippen LogP contribution in [0.5, 0.6) is 0 Å². The molecule has 0 saturated carbocycles. The molecule has 110 valence electrons. The Morgan fingerprint density at radius 2 is 1.95 bits per heavy atom. The van der Waals surface area contributed by atoms with Crippen LogP contribution in [-0.2, 0) is 14.2 Å². The van der Waals surface area contributed by atoms with Gasteiger partial charge in [0.25, 0.3) is 0 Å². The van der Waals surface area contributed by atoms with Gasteiger partial charge in [0, 0.05) is 5.56 Å². The summed E-state index contributed by atoms with van der Waals surface area (Å²) in [5.41, 5.74) is 1.04. The van der Waals surface area contributed by atoms with Crippen molar-refractivity contribution in [2.45, 2.75) is 31.3 Å². The van der Waals surface area contributed by atoms with Crippen LogP contribution in [0.4, 0.5) is 0 Å². The lowest BCUT2D eigenvalue weighted by molar-refractivity contribution is -0.257. The first-order chi connectivity index (χ1) is 10.4. The molecule has 21 heavy (non-hydrogen) atoms.